The van der Waals surface area contributed by atoms with Gasteiger partial charge < -0.3 is 15.5 Å². The summed E-state index contributed by atoms with van der Waals surface area (Å²) in [5.74, 6) is 0.000285. The Labute approximate surface area is 143 Å². The van der Waals surface area contributed by atoms with Gasteiger partial charge >= 0.3 is 6.03 Å². The van der Waals surface area contributed by atoms with Crippen LogP contribution in [0.25, 0.3) is 0 Å². The molecule has 2 N–H and O–H groups in total. The molecule has 1 saturated carbocycles. The number of benzene rings is 1. The van der Waals surface area contributed by atoms with Gasteiger partial charge in [0, 0.05) is 38.8 Å². The molecule has 6 nitrogen and oxygen atoms in total. The van der Waals surface area contributed by atoms with E-state index in [0.717, 1.165) is 32.5 Å². The lowest BCUT2D eigenvalue weighted by atomic mass is 10.2. The summed E-state index contributed by atoms with van der Waals surface area (Å²) in [5.41, 5.74) is 1.30. The normalized spacial score (nSPS) is 19.6. The van der Waals surface area contributed by atoms with Crippen molar-refractivity contribution in [3.63, 3.8) is 0 Å². The van der Waals surface area contributed by atoms with Gasteiger partial charge in [-0.15, -0.1) is 0 Å². The molecule has 130 valence electrons. The van der Waals surface area contributed by atoms with Crippen LogP contribution in [0.2, 0.25) is 0 Å². The highest BCUT2D eigenvalue weighted by atomic mass is 16.2. The number of nitrogens with one attached hydrogen (secondary N) is 2. The first-order valence-corrected chi connectivity index (χ1v) is 8.74. The first kappa shape index (κ1) is 16.8. The van der Waals surface area contributed by atoms with E-state index in [1.165, 1.54) is 5.56 Å². The van der Waals surface area contributed by atoms with E-state index in [1.54, 1.807) is 6.92 Å². The number of carbonyl (C=O) groups excluding carboxylic acids is 2. The zero-order valence-electron chi connectivity index (χ0n) is 14.2. The number of carbonyl (C=O) groups is 2. The molecule has 2 aliphatic rings. The van der Waals surface area contributed by atoms with E-state index in [2.05, 4.69) is 39.8 Å². The Morgan fingerprint density at radius 1 is 1.12 bits per heavy atom. The second-order valence-electron chi connectivity index (χ2n) is 6.70. The second kappa shape index (κ2) is 7.66. The minimum absolute atomic E-state index is 0.000285. The zero-order valence-corrected chi connectivity index (χ0v) is 14.2. The lowest BCUT2D eigenvalue weighted by molar-refractivity contribution is -0.134. The van der Waals surface area contributed by atoms with Gasteiger partial charge in [0.25, 0.3) is 0 Å². The Morgan fingerprint density at radius 2 is 1.79 bits per heavy atom. The number of hydrogen-bond donors (Lipinski definition) is 2. The molecule has 24 heavy (non-hydrogen) atoms. The van der Waals surface area contributed by atoms with Gasteiger partial charge in [0.05, 0.1) is 0 Å². The lowest BCUT2D eigenvalue weighted by Gasteiger charge is -2.36. The van der Waals surface area contributed by atoms with Crippen molar-refractivity contribution in [2.75, 3.05) is 26.2 Å². The summed E-state index contributed by atoms with van der Waals surface area (Å²) in [6.07, 6.45) is 2.08. The molecule has 1 saturated heterocycles. The molecule has 0 radical (unpaired) electrons. The molecule has 3 rings (SSSR count). The van der Waals surface area contributed by atoms with Gasteiger partial charge in [-0.1, -0.05) is 30.3 Å². The zero-order chi connectivity index (χ0) is 16.9. The predicted molar refractivity (Wildman–Crippen MR) is 92.5 cm³/mol. The number of rotatable bonds is 5. The van der Waals surface area contributed by atoms with Crippen LogP contribution in [0.15, 0.2) is 30.3 Å². The highest BCUT2D eigenvalue weighted by molar-refractivity contribution is 5.87. The molecule has 0 aromatic heterocycles. The Balaban J connectivity index is 1.41. The van der Waals surface area contributed by atoms with E-state index in [9.17, 15) is 9.59 Å². The maximum atomic E-state index is 12.5. The number of urea groups is 1. The van der Waals surface area contributed by atoms with Gasteiger partial charge in [0.2, 0.25) is 5.91 Å². The van der Waals surface area contributed by atoms with E-state index in [0.29, 0.717) is 19.1 Å². The van der Waals surface area contributed by atoms with Gasteiger partial charge in [0.15, 0.2) is 0 Å². The molecule has 2 fully saturated rings. The van der Waals surface area contributed by atoms with Crippen molar-refractivity contribution in [2.45, 2.75) is 38.4 Å². The fourth-order valence-electron chi connectivity index (χ4n) is 2.95. The average Bonchev–Trinajstić information content (AvgIpc) is 3.39. The Morgan fingerprint density at radius 3 is 2.42 bits per heavy atom. The quantitative estimate of drug-likeness (QED) is 0.852. The maximum absolute atomic E-state index is 12.5. The minimum atomic E-state index is -0.482. The summed E-state index contributed by atoms with van der Waals surface area (Å²) in [4.78, 5) is 28.4. The fourth-order valence-corrected chi connectivity index (χ4v) is 2.95. The van der Waals surface area contributed by atoms with Gasteiger partial charge in [-0.25, -0.2) is 4.79 Å². The van der Waals surface area contributed by atoms with E-state index >= 15 is 0 Å². The molecule has 0 unspecified atom stereocenters. The molecule has 1 aromatic rings. The van der Waals surface area contributed by atoms with Gasteiger partial charge in [-0.3, -0.25) is 9.69 Å². The summed E-state index contributed by atoms with van der Waals surface area (Å²) >= 11 is 0. The molecular weight excluding hydrogens is 304 g/mol. The highest BCUT2D eigenvalue weighted by Gasteiger charge is 2.28. The van der Waals surface area contributed by atoms with E-state index in [4.69, 9.17) is 0 Å². The summed E-state index contributed by atoms with van der Waals surface area (Å²) in [6.45, 7) is 5.82. The van der Waals surface area contributed by atoms with E-state index in [1.807, 2.05) is 11.0 Å². The van der Waals surface area contributed by atoms with E-state index in [-0.39, 0.29) is 11.9 Å². The van der Waals surface area contributed by atoms with E-state index < -0.39 is 6.04 Å². The Hall–Kier alpha value is -2.08. The summed E-state index contributed by atoms with van der Waals surface area (Å²) in [7, 11) is 0. The summed E-state index contributed by atoms with van der Waals surface area (Å²) < 4.78 is 0. The van der Waals surface area contributed by atoms with Gasteiger partial charge in [-0.2, -0.15) is 0 Å². The molecular formula is C18H26N4O2. The SMILES string of the molecule is C[C@H](NC(=O)NC1CC1)C(=O)N1CCN(Cc2ccccc2)CC1. The van der Waals surface area contributed by atoms with Crippen molar-refractivity contribution in [3.8, 4) is 0 Å². The molecule has 1 heterocycles. The summed E-state index contributed by atoms with van der Waals surface area (Å²) in [5, 5.41) is 5.59. The topological polar surface area (TPSA) is 64.7 Å². The standard InChI is InChI=1S/C18H26N4O2/c1-14(19-18(24)20-16-7-8-16)17(23)22-11-9-21(10-12-22)13-15-5-3-2-4-6-15/h2-6,14,16H,7-13H2,1H3,(H2,19,20,24)/t14-/m0/s1. The lowest BCUT2D eigenvalue weighted by Crippen LogP contribution is -2.55. The molecule has 0 bridgehead atoms. The summed E-state index contributed by atoms with van der Waals surface area (Å²) in [6, 6.07) is 9.96. The minimum Gasteiger partial charge on any atom is -0.338 e. The monoisotopic (exact) mass is 330 g/mol. The van der Waals surface area contributed by atoms with Crippen molar-refractivity contribution in [1.82, 2.24) is 20.4 Å². The molecule has 1 aromatic carbocycles. The van der Waals surface area contributed by atoms with Crippen LogP contribution in [0.5, 0.6) is 0 Å². The molecule has 0 spiro atoms. The number of nitrogens with zero attached hydrogens (tertiary/aromatic N) is 2. The third-order valence-electron chi connectivity index (χ3n) is 4.56. The van der Waals surface area contributed by atoms with Crippen molar-refractivity contribution < 1.29 is 9.59 Å². The third-order valence-corrected chi connectivity index (χ3v) is 4.56. The van der Waals surface area contributed by atoms with Crippen molar-refractivity contribution in [2.24, 2.45) is 0 Å². The van der Waals surface area contributed by atoms with Crippen LogP contribution in [0, 0.1) is 0 Å². The Bertz CT molecular complexity index is 566. The largest absolute Gasteiger partial charge is 0.338 e. The molecule has 1 atom stereocenters. The third kappa shape index (κ3) is 4.71. The van der Waals surface area contributed by atoms with Crippen LogP contribution in [-0.4, -0.2) is 60.0 Å². The fraction of sp³-hybridized carbons (Fsp3) is 0.556. The van der Waals surface area contributed by atoms with Crippen LogP contribution in [-0.2, 0) is 11.3 Å². The van der Waals surface area contributed by atoms with Crippen molar-refractivity contribution in [1.29, 1.82) is 0 Å². The maximum Gasteiger partial charge on any atom is 0.315 e. The molecule has 1 aliphatic heterocycles. The van der Waals surface area contributed by atoms with Gasteiger partial charge in [0.1, 0.15) is 6.04 Å². The van der Waals surface area contributed by atoms with Crippen LogP contribution >= 0.6 is 0 Å². The molecule has 1 aliphatic carbocycles. The molecule has 6 heteroatoms. The van der Waals surface area contributed by atoms with Crippen molar-refractivity contribution >= 4 is 11.9 Å². The van der Waals surface area contributed by atoms with Gasteiger partial charge in [-0.05, 0) is 25.3 Å². The van der Waals surface area contributed by atoms with Crippen LogP contribution in [0.4, 0.5) is 4.79 Å². The number of amides is 3. The average molecular weight is 330 g/mol. The number of piperazine rings is 1. The highest BCUT2D eigenvalue weighted by Crippen LogP contribution is 2.18. The second-order valence-corrected chi connectivity index (χ2v) is 6.70. The first-order valence-electron chi connectivity index (χ1n) is 8.74. The molecule has 3 amide bonds. The van der Waals surface area contributed by atoms with Crippen LogP contribution in [0.1, 0.15) is 25.3 Å². The van der Waals surface area contributed by atoms with Crippen LogP contribution in [0.3, 0.4) is 0 Å². The smallest absolute Gasteiger partial charge is 0.315 e. The Kier molecular flexibility index (Phi) is 5.35. The number of hydrogen-bond acceptors (Lipinski definition) is 3. The predicted octanol–water partition coefficient (Wildman–Crippen LogP) is 1.18. The van der Waals surface area contributed by atoms with Crippen molar-refractivity contribution in [3.05, 3.63) is 35.9 Å². The van der Waals surface area contributed by atoms with Crippen LogP contribution < -0.4 is 10.6 Å². The first-order chi connectivity index (χ1) is 11.6.